The van der Waals surface area contributed by atoms with Crippen LogP contribution in [0.2, 0.25) is 0 Å². The zero-order valence-electron chi connectivity index (χ0n) is 14.1. The molecule has 0 amide bonds. The van der Waals surface area contributed by atoms with Gasteiger partial charge in [0.15, 0.2) is 5.78 Å². The minimum absolute atomic E-state index is 0.0716. The third-order valence-corrected chi connectivity index (χ3v) is 4.78. The van der Waals surface area contributed by atoms with Gasteiger partial charge in [-0.2, -0.15) is 0 Å². The molecule has 0 aliphatic heterocycles. The summed E-state index contributed by atoms with van der Waals surface area (Å²) in [6, 6.07) is 17.0. The monoisotopic (exact) mass is 327 g/mol. The maximum atomic E-state index is 12.9. The quantitative estimate of drug-likeness (QED) is 0.551. The summed E-state index contributed by atoms with van der Waals surface area (Å²) in [7, 11) is 1.84. The Labute approximate surface area is 146 Å². The van der Waals surface area contributed by atoms with Gasteiger partial charge in [0.25, 0.3) is 0 Å². The number of rotatable bonds is 2. The van der Waals surface area contributed by atoms with Gasteiger partial charge in [-0.1, -0.05) is 60.7 Å². The fourth-order valence-corrected chi connectivity index (χ4v) is 3.51. The number of nitrogens with zero attached hydrogens (tertiary/aromatic N) is 1. The number of hydrogen-bond donors (Lipinski definition) is 0. The smallest absolute Gasteiger partial charge is 0.210 e. The molecule has 3 nitrogen and oxygen atoms in total. The zero-order valence-corrected chi connectivity index (χ0v) is 14.1. The topological polar surface area (TPSA) is 39.1 Å². The molecule has 3 heteroatoms. The van der Waals surface area contributed by atoms with Crippen LogP contribution in [0.1, 0.15) is 48.8 Å². The van der Waals surface area contributed by atoms with Gasteiger partial charge >= 0.3 is 0 Å². The van der Waals surface area contributed by atoms with Crippen LogP contribution in [0, 0.1) is 6.92 Å². The Morgan fingerprint density at radius 1 is 0.800 bits per heavy atom. The van der Waals surface area contributed by atoms with E-state index in [1.165, 1.54) is 0 Å². The van der Waals surface area contributed by atoms with Gasteiger partial charge in [0.1, 0.15) is 5.69 Å². The summed E-state index contributed by atoms with van der Waals surface area (Å²) in [6.07, 6.45) is 3.96. The Morgan fingerprint density at radius 3 is 2.08 bits per heavy atom. The summed E-state index contributed by atoms with van der Waals surface area (Å²) in [6.45, 7) is 1.91. The minimum Gasteiger partial charge on any atom is -0.341 e. The first-order chi connectivity index (χ1) is 12.1. The van der Waals surface area contributed by atoms with E-state index in [1.54, 1.807) is 24.3 Å². The van der Waals surface area contributed by atoms with Gasteiger partial charge < -0.3 is 4.57 Å². The molecule has 0 radical (unpaired) electrons. The minimum atomic E-state index is -0.0878. The van der Waals surface area contributed by atoms with Crippen molar-refractivity contribution in [3.63, 3.8) is 0 Å². The maximum absolute atomic E-state index is 12.9. The Hall–Kier alpha value is -3.20. The number of fused-ring (bicyclic) bond motifs is 2. The fourth-order valence-electron chi connectivity index (χ4n) is 3.51. The molecule has 4 rings (SSSR count). The molecule has 0 atom stereocenters. The number of carbonyl (C=O) groups is 2. The van der Waals surface area contributed by atoms with E-state index in [2.05, 4.69) is 0 Å². The molecule has 122 valence electrons. The van der Waals surface area contributed by atoms with E-state index in [0.29, 0.717) is 22.4 Å². The highest BCUT2D eigenvalue weighted by atomic mass is 16.1. The van der Waals surface area contributed by atoms with Crippen LogP contribution in [-0.2, 0) is 7.05 Å². The molecule has 0 N–H and O–H groups in total. The molecule has 3 aromatic rings. The maximum Gasteiger partial charge on any atom is 0.210 e. The van der Waals surface area contributed by atoms with Crippen LogP contribution < -0.4 is 0 Å². The highest BCUT2D eigenvalue weighted by molar-refractivity contribution is 6.28. The highest BCUT2D eigenvalue weighted by Crippen LogP contribution is 2.33. The molecule has 0 spiro atoms. The van der Waals surface area contributed by atoms with Crippen molar-refractivity contribution in [1.29, 1.82) is 0 Å². The lowest BCUT2D eigenvalue weighted by Gasteiger charge is -2.15. The second-order valence-electron chi connectivity index (χ2n) is 6.24. The molecule has 1 heterocycles. The van der Waals surface area contributed by atoms with E-state index in [-0.39, 0.29) is 11.6 Å². The molecule has 0 bridgehead atoms. The Bertz CT molecular complexity index is 981. The van der Waals surface area contributed by atoms with Gasteiger partial charge in [0, 0.05) is 23.9 Å². The Morgan fingerprint density at radius 2 is 1.40 bits per heavy atom. The van der Waals surface area contributed by atoms with Crippen LogP contribution in [0.4, 0.5) is 0 Å². The number of benzene rings is 2. The van der Waals surface area contributed by atoms with Gasteiger partial charge in [0.05, 0.1) is 5.56 Å². The molecule has 0 fully saturated rings. The second-order valence-corrected chi connectivity index (χ2v) is 6.24. The second kappa shape index (κ2) is 5.71. The number of hydrogen-bond acceptors (Lipinski definition) is 2. The fraction of sp³-hybridized carbons (Fsp3) is 0.0909. The third kappa shape index (κ3) is 2.28. The molecule has 1 aromatic heterocycles. The summed E-state index contributed by atoms with van der Waals surface area (Å²) in [5, 5.41) is 0. The lowest BCUT2D eigenvalue weighted by molar-refractivity contribution is 0.0974. The van der Waals surface area contributed by atoms with Gasteiger partial charge in [-0.3, -0.25) is 9.59 Å². The molecular weight excluding hydrogens is 310 g/mol. The molecule has 25 heavy (non-hydrogen) atoms. The van der Waals surface area contributed by atoms with Crippen LogP contribution in [0.15, 0.2) is 54.6 Å². The lowest BCUT2D eigenvalue weighted by atomic mass is 9.86. The van der Waals surface area contributed by atoms with Crippen LogP contribution in [0.5, 0.6) is 0 Å². The molecule has 1 aliphatic rings. The lowest BCUT2D eigenvalue weighted by Crippen LogP contribution is -2.22. The molecule has 1 aliphatic carbocycles. The molecular formula is C22H17NO2. The van der Waals surface area contributed by atoms with Crippen LogP contribution >= 0.6 is 0 Å². The van der Waals surface area contributed by atoms with Crippen molar-refractivity contribution >= 4 is 23.7 Å². The van der Waals surface area contributed by atoms with Gasteiger partial charge in [-0.25, -0.2) is 0 Å². The summed E-state index contributed by atoms with van der Waals surface area (Å²) < 4.78 is 1.83. The van der Waals surface area contributed by atoms with E-state index in [4.69, 9.17) is 0 Å². The zero-order chi connectivity index (χ0) is 17.6. The van der Waals surface area contributed by atoms with Crippen LogP contribution in [-0.4, -0.2) is 16.1 Å². The average Bonchev–Trinajstić information content (AvgIpc) is 2.90. The molecule has 0 unspecified atom stereocenters. The van der Waals surface area contributed by atoms with Gasteiger partial charge in [-0.15, -0.1) is 0 Å². The van der Waals surface area contributed by atoms with Crippen molar-refractivity contribution in [1.82, 2.24) is 4.57 Å². The average molecular weight is 327 g/mol. The van der Waals surface area contributed by atoms with Crippen LogP contribution in [0.25, 0.3) is 12.2 Å². The van der Waals surface area contributed by atoms with Gasteiger partial charge in [-0.05, 0) is 24.1 Å². The number of ketones is 2. The standard InChI is InChI=1S/C22H17NO2/c1-14-18(13-12-15-8-4-3-5-9-15)23(2)20-19(14)21(24)16-10-6-7-11-17(16)22(20)25/h3-13H,1-2H3. The van der Waals surface area contributed by atoms with Crippen molar-refractivity contribution in [3.8, 4) is 0 Å². The van der Waals surface area contributed by atoms with E-state index >= 15 is 0 Å². The first-order valence-electron chi connectivity index (χ1n) is 8.20. The van der Waals surface area contributed by atoms with E-state index in [0.717, 1.165) is 16.8 Å². The van der Waals surface area contributed by atoms with Crippen LogP contribution in [0.3, 0.4) is 0 Å². The summed E-state index contributed by atoms with van der Waals surface area (Å²) in [5.74, 6) is -0.159. The van der Waals surface area contributed by atoms with Crippen molar-refractivity contribution in [3.05, 3.63) is 93.8 Å². The largest absolute Gasteiger partial charge is 0.341 e. The first kappa shape index (κ1) is 15.3. The predicted octanol–water partition coefficient (Wildman–Crippen LogP) is 4.28. The summed E-state index contributed by atoms with van der Waals surface area (Å²) in [5.41, 5.74) is 4.78. The van der Waals surface area contributed by atoms with Gasteiger partial charge in [0.2, 0.25) is 5.78 Å². The SMILES string of the molecule is Cc1c2c(n(C)c1C=Cc1ccccc1)C(=O)c1ccccc1C2=O. The van der Waals surface area contributed by atoms with Crippen molar-refractivity contribution < 1.29 is 9.59 Å². The Balaban J connectivity index is 1.87. The Kier molecular flexibility index (Phi) is 3.50. The van der Waals surface area contributed by atoms with Crippen molar-refractivity contribution in [2.24, 2.45) is 7.05 Å². The summed E-state index contributed by atoms with van der Waals surface area (Å²) in [4.78, 5) is 25.8. The third-order valence-electron chi connectivity index (χ3n) is 4.78. The normalized spacial score (nSPS) is 13.2. The number of aromatic nitrogens is 1. The van der Waals surface area contributed by atoms with Crippen molar-refractivity contribution in [2.45, 2.75) is 6.92 Å². The molecule has 0 saturated carbocycles. The molecule has 2 aromatic carbocycles. The van der Waals surface area contributed by atoms with E-state index in [1.807, 2.05) is 61.0 Å². The summed E-state index contributed by atoms with van der Waals surface area (Å²) >= 11 is 0. The first-order valence-corrected chi connectivity index (χ1v) is 8.20. The van der Waals surface area contributed by atoms with E-state index in [9.17, 15) is 9.59 Å². The van der Waals surface area contributed by atoms with E-state index < -0.39 is 0 Å². The highest BCUT2D eigenvalue weighted by Gasteiger charge is 2.34. The number of carbonyl (C=O) groups excluding carboxylic acids is 2. The van der Waals surface area contributed by atoms with Crippen molar-refractivity contribution in [2.75, 3.05) is 0 Å². The molecule has 0 saturated heterocycles. The predicted molar refractivity (Wildman–Crippen MR) is 98.8 cm³/mol.